The van der Waals surface area contributed by atoms with Crippen molar-refractivity contribution in [1.82, 2.24) is 0 Å². The summed E-state index contributed by atoms with van der Waals surface area (Å²) in [6.07, 6.45) is 0. The summed E-state index contributed by atoms with van der Waals surface area (Å²) in [6.45, 7) is 1.97. The number of nitrogens with zero attached hydrogens (tertiary/aromatic N) is 1. The number of benzene rings is 2. The van der Waals surface area contributed by atoms with Crippen LogP contribution in [0, 0.1) is 11.3 Å². The van der Waals surface area contributed by atoms with Crippen molar-refractivity contribution >= 4 is 34.8 Å². The maximum absolute atomic E-state index is 12.0. The first-order valence-corrected chi connectivity index (χ1v) is 7.84. The maximum Gasteiger partial charge on any atom is 0.262 e. The predicted octanol–water partition coefficient (Wildman–Crippen LogP) is 4.28. The van der Waals surface area contributed by atoms with Gasteiger partial charge in [0.25, 0.3) is 5.91 Å². The molecule has 0 atom stereocenters. The van der Waals surface area contributed by atoms with E-state index in [9.17, 15) is 4.79 Å². The summed E-state index contributed by atoms with van der Waals surface area (Å²) in [5.74, 6) is 0.355. The predicted molar refractivity (Wildman–Crippen MR) is 92.9 cm³/mol. The monoisotopic (exact) mass is 364 g/mol. The van der Waals surface area contributed by atoms with Gasteiger partial charge in [0.2, 0.25) is 0 Å². The Morgan fingerprint density at radius 3 is 2.50 bits per heavy atom. The Morgan fingerprint density at radius 1 is 1.17 bits per heavy atom. The Labute approximate surface area is 149 Å². The number of carbonyl (C=O) groups excluding carboxylic acids is 1. The number of ether oxygens (including phenoxy) is 2. The van der Waals surface area contributed by atoms with E-state index in [4.69, 9.17) is 37.9 Å². The van der Waals surface area contributed by atoms with Crippen molar-refractivity contribution in [2.75, 3.05) is 18.5 Å². The summed E-state index contributed by atoms with van der Waals surface area (Å²) < 4.78 is 10.9. The second-order valence-electron chi connectivity index (χ2n) is 4.64. The smallest absolute Gasteiger partial charge is 0.262 e. The number of hydrogen-bond donors (Lipinski definition) is 1. The SMILES string of the molecule is CCOc1cc(C#N)ccc1OCC(=O)Nc1c(Cl)cccc1Cl. The van der Waals surface area contributed by atoms with Gasteiger partial charge in [-0.25, -0.2) is 0 Å². The van der Waals surface area contributed by atoms with Crippen LogP contribution in [0.3, 0.4) is 0 Å². The highest BCUT2D eigenvalue weighted by Crippen LogP contribution is 2.30. The van der Waals surface area contributed by atoms with Gasteiger partial charge >= 0.3 is 0 Å². The molecule has 0 saturated carbocycles. The minimum Gasteiger partial charge on any atom is -0.490 e. The molecule has 0 unspecified atom stereocenters. The fourth-order valence-corrected chi connectivity index (χ4v) is 2.39. The highest BCUT2D eigenvalue weighted by molar-refractivity contribution is 6.39. The number of para-hydroxylation sites is 1. The van der Waals surface area contributed by atoms with Crippen LogP contribution in [0.5, 0.6) is 11.5 Å². The van der Waals surface area contributed by atoms with E-state index in [1.165, 1.54) is 0 Å². The van der Waals surface area contributed by atoms with Crippen molar-refractivity contribution in [1.29, 1.82) is 5.26 Å². The van der Waals surface area contributed by atoms with Crippen molar-refractivity contribution < 1.29 is 14.3 Å². The minimum absolute atomic E-state index is 0.256. The molecule has 2 rings (SSSR count). The number of rotatable bonds is 6. The number of hydrogen-bond acceptors (Lipinski definition) is 4. The highest BCUT2D eigenvalue weighted by Gasteiger charge is 2.12. The van der Waals surface area contributed by atoms with Crippen LogP contribution < -0.4 is 14.8 Å². The molecule has 0 aromatic heterocycles. The minimum atomic E-state index is -0.420. The molecule has 5 nitrogen and oxygen atoms in total. The maximum atomic E-state index is 12.0. The summed E-state index contributed by atoms with van der Waals surface area (Å²) >= 11 is 12.0. The Morgan fingerprint density at radius 2 is 1.88 bits per heavy atom. The fraction of sp³-hybridized carbons (Fsp3) is 0.176. The molecule has 0 fully saturated rings. The summed E-state index contributed by atoms with van der Waals surface area (Å²) in [5.41, 5.74) is 0.775. The summed E-state index contributed by atoms with van der Waals surface area (Å²) in [5, 5.41) is 12.2. The lowest BCUT2D eigenvalue weighted by Gasteiger charge is -2.13. The first-order chi connectivity index (χ1) is 11.5. The number of amides is 1. The second kappa shape index (κ2) is 8.44. The van der Waals surface area contributed by atoms with Crippen molar-refractivity contribution in [3.63, 3.8) is 0 Å². The first kappa shape index (κ1) is 17.9. The largest absolute Gasteiger partial charge is 0.490 e. The Bertz CT molecular complexity index is 768. The summed E-state index contributed by atoms with van der Waals surface area (Å²) in [4.78, 5) is 12.0. The van der Waals surface area contributed by atoms with E-state index in [1.807, 2.05) is 13.0 Å². The topological polar surface area (TPSA) is 71.3 Å². The third-order valence-corrected chi connectivity index (χ3v) is 3.59. The highest BCUT2D eigenvalue weighted by atomic mass is 35.5. The third kappa shape index (κ3) is 4.54. The molecule has 0 spiro atoms. The van der Waals surface area contributed by atoms with Crippen LogP contribution in [0.1, 0.15) is 12.5 Å². The van der Waals surface area contributed by atoms with Crippen molar-refractivity contribution in [3.8, 4) is 17.6 Å². The van der Waals surface area contributed by atoms with Crippen LogP contribution in [0.2, 0.25) is 10.0 Å². The van der Waals surface area contributed by atoms with Crippen molar-refractivity contribution in [3.05, 3.63) is 52.0 Å². The van der Waals surface area contributed by atoms with E-state index in [2.05, 4.69) is 5.32 Å². The molecule has 1 N–H and O–H groups in total. The average molecular weight is 365 g/mol. The van der Waals surface area contributed by atoms with Crippen molar-refractivity contribution in [2.45, 2.75) is 6.92 Å². The number of nitriles is 1. The summed E-state index contributed by atoms with van der Waals surface area (Å²) in [7, 11) is 0. The molecular formula is C17H14Cl2N2O3. The lowest BCUT2D eigenvalue weighted by Crippen LogP contribution is -2.20. The van der Waals surface area contributed by atoms with Crippen LogP contribution >= 0.6 is 23.2 Å². The standard InChI is InChI=1S/C17H14Cl2N2O3/c1-2-23-15-8-11(9-20)6-7-14(15)24-10-16(22)21-17-12(18)4-3-5-13(17)19/h3-8H,2,10H2,1H3,(H,21,22). The quantitative estimate of drug-likeness (QED) is 0.829. The Hall–Kier alpha value is -2.42. The van der Waals surface area contributed by atoms with E-state index in [0.29, 0.717) is 39.4 Å². The summed E-state index contributed by atoms with van der Waals surface area (Å²) in [6, 6.07) is 11.7. The van der Waals surface area contributed by atoms with Gasteiger partial charge in [0, 0.05) is 6.07 Å². The Balaban J connectivity index is 2.05. The molecule has 2 aromatic carbocycles. The van der Waals surface area contributed by atoms with Gasteiger partial charge in [-0.15, -0.1) is 0 Å². The molecule has 0 aliphatic rings. The third-order valence-electron chi connectivity index (χ3n) is 2.96. The van der Waals surface area contributed by atoms with E-state index < -0.39 is 5.91 Å². The van der Waals surface area contributed by atoms with Gasteiger partial charge in [0.15, 0.2) is 18.1 Å². The zero-order valence-corrected chi connectivity index (χ0v) is 14.3. The van der Waals surface area contributed by atoms with Crippen LogP contribution in [0.4, 0.5) is 5.69 Å². The molecule has 0 bridgehead atoms. The molecule has 0 saturated heterocycles. The van der Waals surface area contributed by atoms with E-state index >= 15 is 0 Å². The molecule has 24 heavy (non-hydrogen) atoms. The average Bonchev–Trinajstić information content (AvgIpc) is 2.57. The fourth-order valence-electron chi connectivity index (χ4n) is 1.90. The van der Waals surface area contributed by atoms with Crippen molar-refractivity contribution in [2.24, 2.45) is 0 Å². The van der Waals surface area contributed by atoms with Gasteiger partial charge in [0.05, 0.1) is 34.0 Å². The Kier molecular flexibility index (Phi) is 6.30. The van der Waals surface area contributed by atoms with Gasteiger partial charge in [-0.05, 0) is 31.2 Å². The van der Waals surface area contributed by atoms with Gasteiger partial charge < -0.3 is 14.8 Å². The van der Waals surface area contributed by atoms with E-state index in [-0.39, 0.29) is 6.61 Å². The molecule has 0 radical (unpaired) electrons. The molecular weight excluding hydrogens is 351 g/mol. The molecule has 0 aliphatic carbocycles. The number of nitrogens with one attached hydrogen (secondary N) is 1. The number of halogens is 2. The zero-order valence-electron chi connectivity index (χ0n) is 12.8. The second-order valence-corrected chi connectivity index (χ2v) is 5.45. The first-order valence-electron chi connectivity index (χ1n) is 7.08. The molecule has 124 valence electrons. The van der Waals surface area contributed by atoms with Crippen LogP contribution in [-0.4, -0.2) is 19.1 Å². The molecule has 7 heteroatoms. The number of anilines is 1. The zero-order chi connectivity index (χ0) is 17.5. The molecule has 0 heterocycles. The normalized spacial score (nSPS) is 9.92. The molecule has 2 aromatic rings. The number of carbonyl (C=O) groups is 1. The van der Waals surface area contributed by atoms with Gasteiger partial charge in [-0.1, -0.05) is 29.3 Å². The van der Waals surface area contributed by atoms with Gasteiger partial charge in [-0.3, -0.25) is 4.79 Å². The van der Waals surface area contributed by atoms with E-state index in [1.54, 1.807) is 36.4 Å². The van der Waals surface area contributed by atoms with Gasteiger partial charge in [0.1, 0.15) is 0 Å². The lowest BCUT2D eigenvalue weighted by molar-refractivity contribution is -0.118. The van der Waals surface area contributed by atoms with Gasteiger partial charge in [-0.2, -0.15) is 5.26 Å². The lowest BCUT2D eigenvalue weighted by atomic mass is 10.2. The van der Waals surface area contributed by atoms with E-state index in [0.717, 1.165) is 0 Å². The molecule has 0 aliphatic heterocycles. The van der Waals surface area contributed by atoms with Crippen LogP contribution in [0.15, 0.2) is 36.4 Å². The molecule has 1 amide bonds. The van der Waals surface area contributed by atoms with Crippen LogP contribution in [0.25, 0.3) is 0 Å². The van der Waals surface area contributed by atoms with Crippen LogP contribution in [-0.2, 0) is 4.79 Å².